The van der Waals surface area contributed by atoms with E-state index in [1.807, 2.05) is 6.92 Å². The molecule has 0 radical (unpaired) electrons. The third kappa shape index (κ3) is 6.28. The van der Waals surface area contributed by atoms with Crippen LogP contribution in [0.2, 0.25) is 0 Å². The van der Waals surface area contributed by atoms with Crippen LogP contribution in [0.1, 0.15) is 13.8 Å². The van der Waals surface area contributed by atoms with Gasteiger partial charge in [-0.1, -0.05) is 19.1 Å². The molecule has 54 valence electrons. The first-order valence-corrected chi connectivity index (χ1v) is 4.11. The molecule has 3 heteroatoms. The van der Waals surface area contributed by atoms with Gasteiger partial charge in [0.15, 0.2) is 0 Å². The van der Waals surface area contributed by atoms with Crippen LogP contribution in [0.5, 0.6) is 0 Å². The molecule has 0 bridgehead atoms. The first-order chi connectivity index (χ1) is 4.16. The van der Waals surface area contributed by atoms with Gasteiger partial charge in [-0.15, -0.1) is 11.8 Å². The highest BCUT2D eigenvalue weighted by Crippen LogP contribution is 2.11. The number of rotatable bonds is 3. The molecule has 0 heterocycles. The number of thioether (sulfide) groups is 1. The third-order valence-corrected chi connectivity index (χ3v) is 1.93. The van der Waals surface area contributed by atoms with Crippen molar-refractivity contribution in [3.8, 4) is 0 Å². The van der Waals surface area contributed by atoms with Crippen LogP contribution >= 0.6 is 24.0 Å². The molecule has 0 aliphatic carbocycles. The minimum absolute atomic E-state index is 0.493. The molecule has 1 atom stereocenters. The van der Waals surface area contributed by atoms with Crippen molar-refractivity contribution in [3.63, 3.8) is 0 Å². The van der Waals surface area contributed by atoms with Crippen LogP contribution in [0.3, 0.4) is 0 Å². The minimum atomic E-state index is 0.493. The van der Waals surface area contributed by atoms with E-state index in [0.717, 1.165) is 10.8 Å². The quantitative estimate of drug-likeness (QED) is 0.591. The highest BCUT2D eigenvalue weighted by molar-refractivity contribution is 8.23. The van der Waals surface area contributed by atoms with Gasteiger partial charge < -0.3 is 4.74 Å². The average Bonchev–Trinajstić information content (AvgIpc) is 1.63. The van der Waals surface area contributed by atoms with Crippen LogP contribution in [0, 0.1) is 0 Å². The summed E-state index contributed by atoms with van der Waals surface area (Å²) in [5.41, 5.74) is 0. The number of ether oxygens (including phenoxy) is 1. The van der Waals surface area contributed by atoms with Gasteiger partial charge in [0, 0.05) is 16.6 Å². The molecule has 0 fully saturated rings. The monoisotopic (exact) mass is 164 g/mol. The van der Waals surface area contributed by atoms with E-state index < -0.39 is 0 Å². The summed E-state index contributed by atoms with van der Waals surface area (Å²) in [5, 5.41) is 0.493. The highest BCUT2D eigenvalue weighted by Gasteiger charge is 2.00. The number of thiocarbonyl (C=S) groups is 1. The molecule has 0 aliphatic heterocycles. The van der Waals surface area contributed by atoms with Gasteiger partial charge in [-0.3, -0.25) is 0 Å². The number of methoxy groups -OCH3 is 1. The van der Waals surface area contributed by atoms with Gasteiger partial charge in [0.05, 0.1) is 6.61 Å². The van der Waals surface area contributed by atoms with Gasteiger partial charge in [0.1, 0.15) is 0 Å². The zero-order valence-electron chi connectivity index (χ0n) is 6.01. The predicted molar refractivity (Wildman–Crippen MR) is 47.2 cm³/mol. The third-order valence-electron chi connectivity index (χ3n) is 0.769. The Kier molecular flexibility index (Phi) is 5.44. The van der Waals surface area contributed by atoms with E-state index in [2.05, 4.69) is 6.92 Å². The first-order valence-electron chi connectivity index (χ1n) is 2.83. The second-order valence-electron chi connectivity index (χ2n) is 1.88. The van der Waals surface area contributed by atoms with Crippen molar-refractivity contribution in [2.24, 2.45) is 0 Å². The normalized spacial score (nSPS) is 13.2. The van der Waals surface area contributed by atoms with Crippen LogP contribution in [0.25, 0.3) is 0 Å². The molecule has 0 rings (SSSR count). The first kappa shape index (κ1) is 9.40. The fourth-order valence-corrected chi connectivity index (χ4v) is 1.82. The molecule has 1 unspecified atom stereocenters. The molecule has 0 aliphatic rings. The second kappa shape index (κ2) is 5.21. The lowest BCUT2D eigenvalue weighted by Gasteiger charge is -2.06. The van der Waals surface area contributed by atoms with Crippen molar-refractivity contribution in [3.05, 3.63) is 0 Å². The SMILES string of the molecule is COCC(C)SC(C)=S. The summed E-state index contributed by atoms with van der Waals surface area (Å²) < 4.78 is 5.91. The van der Waals surface area contributed by atoms with Crippen molar-refractivity contribution < 1.29 is 4.74 Å². The predicted octanol–water partition coefficient (Wildman–Crippen LogP) is 2.10. The number of hydrogen-bond donors (Lipinski definition) is 0. The Morgan fingerprint density at radius 3 is 2.67 bits per heavy atom. The van der Waals surface area contributed by atoms with Crippen molar-refractivity contribution in [2.75, 3.05) is 13.7 Å². The lowest BCUT2D eigenvalue weighted by molar-refractivity contribution is 0.203. The zero-order valence-corrected chi connectivity index (χ0v) is 7.64. The van der Waals surface area contributed by atoms with E-state index in [1.165, 1.54) is 0 Å². The van der Waals surface area contributed by atoms with Gasteiger partial charge in [-0.05, 0) is 6.92 Å². The molecule has 9 heavy (non-hydrogen) atoms. The molecule has 0 saturated heterocycles. The topological polar surface area (TPSA) is 9.23 Å². The Bertz CT molecular complexity index is 93.1. The van der Waals surface area contributed by atoms with Crippen LogP contribution in [0.4, 0.5) is 0 Å². The Labute approximate surface area is 66.2 Å². The summed E-state index contributed by atoms with van der Waals surface area (Å²) in [6.45, 7) is 4.81. The second-order valence-corrected chi connectivity index (χ2v) is 4.40. The maximum absolute atomic E-state index is 4.92. The highest BCUT2D eigenvalue weighted by atomic mass is 32.2. The van der Waals surface area contributed by atoms with Gasteiger partial charge in [0.25, 0.3) is 0 Å². The summed E-state index contributed by atoms with van der Waals surface area (Å²) in [7, 11) is 1.70. The van der Waals surface area contributed by atoms with E-state index in [9.17, 15) is 0 Å². The summed E-state index contributed by atoms with van der Waals surface area (Å²) in [4.78, 5) is 0. The van der Waals surface area contributed by atoms with Crippen molar-refractivity contribution >= 4 is 28.2 Å². The fourth-order valence-electron chi connectivity index (χ4n) is 0.552. The Morgan fingerprint density at radius 2 is 2.33 bits per heavy atom. The standard InChI is InChI=1S/C6H12OS2/c1-5(4-7-3)9-6(2)8/h5H,4H2,1-3H3. The summed E-state index contributed by atoms with van der Waals surface area (Å²) in [6, 6.07) is 0. The van der Waals surface area contributed by atoms with Crippen LogP contribution in [-0.4, -0.2) is 23.2 Å². The van der Waals surface area contributed by atoms with E-state index in [-0.39, 0.29) is 0 Å². The van der Waals surface area contributed by atoms with Crippen LogP contribution in [0.15, 0.2) is 0 Å². The largest absolute Gasteiger partial charge is 0.384 e. The van der Waals surface area contributed by atoms with Crippen molar-refractivity contribution in [2.45, 2.75) is 19.1 Å². The average molecular weight is 164 g/mol. The molecule has 0 amide bonds. The van der Waals surface area contributed by atoms with Gasteiger partial charge in [0.2, 0.25) is 0 Å². The Hall–Kier alpha value is 0.400. The van der Waals surface area contributed by atoms with E-state index >= 15 is 0 Å². The van der Waals surface area contributed by atoms with Gasteiger partial charge in [-0.2, -0.15) is 0 Å². The Morgan fingerprint density at radius 1 is 1.78 bits per heavy atom. The van der Waals surface area contributed by atoms with E-state index in [4.69, 9.17) is 17.0 Å². The van der Waals surface area contributed by atoms with Crippen LogP contribution < -0.4 is 0 Å². The lowest BCUT2D eigenvalue weighted by atomic mass is 10.5. The van der Waals surface area contributed by atoms with E-state index in [0.29, 0.717) is 5.25 Å². The van der Waals surface area contributed by atoms with Crippen LogP contribution in [-0.2, 0) is 4.74 Å². The molecular weight excluding hydrogens is 152 g/mol. The van der Waals surface area contributed by atoms with Gasteiger partial charge in [-0.25, -0.2) is 0 Å². The number of hydrogen-bond acceptors (Lipinski definition) is 3. The molecule has 0 N–H and O–H groups in total. The summed E-state index contributed by atoms with van der Waals surface area (Å²) in [5.74, 6) is 0. The fraction of sp³-hybridized carbons (Fsp3) is 0.833. The van der Waals surface area contributed by atoms with Gasteiger partial charge >= 0.3 is 0 Å². The maximum Gasteiger partial charge on any atom is 0.0582 e. The minimum Gasteiger partial charge on any atom is -0.384 e. The lowest BCUT2D eigenvalue weighted by Crippen LogP contribution is -2.06. The molecule has 0 aromatic rings. The Balaban J connectivity index is 3.26. The zero-order chi connectivity index (χ0) is 7.28. The molecule has 0 spiro atoms. The summed E-state index contributed by atoms with van der Waals surface area (Å²) >= 11 is 6.58. The molecule has 0 aromatic carbocycles. The molecule has 1 nitrogen and oxygen atoms in total. The van der Waals surface area contributed by atoms with E-state index in [1.54, 1.807) is 18.9 Å². The smallest absolute Gasteiger partial charge is 0.0582 e. The van der Waals surface area contributed by atoms with Crippen molar-refractivity contribution in [1.29, 1.82) is 0 Å². The maximum atomic E-state index is 4.92. The molecule has 0 saturated carbocycles. The molecule has 0 aromatic heterocycles. The van der Waals surface area contributed by atoms with Crippen molar-refractivity contribution in [1.82, 2.24) is 0 Å². The molecular formula is C6H12OS2. The summed E-state index contributed by atoms with van der Waals surface area (Å²) in [6.07, 6.45) is 0.